The molecule has 2 aromatic rings. The van der Waals surface area contributed by atoms with Crippen LogP contribution in [0, 0.1) is 6.92 Å². The number of hydrazone groups is 1. The maximum Gasteiger partial charge on any atom is 0.203 e. The molecule has 0 amide bonds. The van der Waals surface area contributed by atoms with Gasteiger partial charge < -0.3 is 4.74 Å². The number of hydrogen-bond donors (Lipinski definition) is 1. The molecule has 4 nitrogen and oxygen atoms in total. The number of aromatic nitrogens is 1. The van der Waals surface area contributed by atoms with Crippen molar-refractivity contribution in [2.45, 2.75) is 39.9 Å². The van der Waals surface area contributed by atoms with Crippen LogP contribution in [-0.4, -0.2) is 17.3 Å². The molecular weight excluding hydrogens is 282 g/mol. The van der Waals surface area contributed by atoms with Gasteiger partial charge in [-0.05, 0) is 37.5 Å². The summed E-state index contributed by atoms with van der Waals surface area (Å²) in [6, 6.07) is 8.19. The van der Waals surface area contributed by atoms with Gasteiger partial charge in [0.1, 0.15) is 0 Å². The van der Waals surface area contributed by atoms with E-state index in [0.29, 0.717) is 6.61 Å². The molecule has 0 fully saturated rings. The molecule has 1 N–H and O–H groups in total. The minimum atomic E-state index is 0.289. The van der Waals surface area contributed by atoms with Gasteiger partial charge >= 0.3 is 0 Å². The van der Waals surface area contributed by atoms with Crippen molar-refractivity contribution in [1.82, 2.24) is 4.98 Å². The number of thiazole rings is 1. The highest BCUT2D eigenvalue weighted by molar-refractivity contribution is 7.13. The Balaban J connectivity index is 1.91. The number of anilines is 1. The number of nitrogens with one attached hydrogen (secondary N) is 1. The van der Waals surface area contributed by atoms with Crippen LogP contribution < -0.4 is 5.43 Å². The Morgan fingerprint density at radius 3 is 3.05 bits per heavy atom. The smallest absolute Gasteiger partial charge is 0.203 e. The molecule has 112 valence electrons. The largest absolute Gasteiger partial charge is 0.374 e. The zero-order chi connectivity index (χ0) is 15.1. The summed E-state index contributed by atoms with van der Waals surface area (Å²) in [6.07, 6.45) is 3.11. The summed E-state index contributed by atoms with van der Waals surface area (Å²) in [5, 5.41) is 7.01. The molecule has 1 aromatic heterocycles. The van der Waals surface area contributed by atoms with Gasteiger partial charge in [-0.2, -0.15) is 5.10 Å². The molecule has 1 aromatic carbocycles. The van der Waals surface area contributed by atoms with Crippen LogP contribution in [0.1, 0.15) is 37.1 Å². The second-order valence-electron chi connectivity index (χ2n) is 4.94. The molecule has 0 aliphatic rings. The summed E-state index contributed by atoms with van der Waals surface area (Å²) in [4.78, 5) is 4.29. The molecule has 1 atom stereocenters. The first kappa shape index (κ1) is 15.7. The van der Waals surface area contributed by atoms with Gasteiger partial charge in [0, 0.05) is 5.38 Å². The summed E-state index contributed by atoms with van der Waals surface area (Å²) < 4.78 is 5.74. The molecule has 21 heavy (non-hydrogen) atoms. The van der Waals surface area contributed by atoms with Gasteiger partial charge in [0.15, 0.2) is 0 Å². The van der Waals surface area contributed by atoms with Gasteiger partial charge in [0.2, 0.25) is 5.13 Å². The van der Waals surface area contributed by atoms with E-state index in [4.69, 9.17) is 4.74 Å². The first-order chi connectivity index (χ1) is 10.2. The molecule has 1 heterocycles. The molecule has 0 aliphatic heterocycles. The van der Waals surface area contributed by atoms with Crippen LogP contribution in [0.4, 0.5) is 5.13 Å². The molecule has 0 aliphatic carbocycles. The molecule has 2 rings (SSSR count). The van der Waals surface area contributed by atoms with Crippen LogP contribution in [0.25, 0.3) is 0 Å². The summed E-state index contributed by atoms with van der Waals surface area (Å²) in [5.74, 6) is 0. The highest BCUT2D eigenvalue weighted by atomic mass is 32.1. The van der Waals surface area contributed by atoms with Crippen LogP contribution in [0.5, 0.6) is 0 Å². The fourth-order valence-electron chi connectivity index (χ4n) is 1.69. The van der Waals surface area contributed by atoms with Crippen molar-refractivity contribution in [2.75, 3.05) is 5.43 Å². The second kappa shape index (κ2) is 7.90. The molecule has 0 radical (unpaired) electrons. The van der Waals surface area contributed by atoms with Gasteiger partial charge in [-0.1, -0.05) is 25.1 Å². The molecule has 5 heteroatoms. The van der Waals surface area contributed by atoms with Gasteiger partial charge in [0.25, 0.3) is 0 Å². The van der Waals surface area contributed by atoms with Crippen molar-refractivity contribution in [3.05, 3.63) is 46.5 Å². The number of rotatable bonds is 7. The minimum absolute atomic E-state index is 0.289. The van der Waals surface area contributed by atoms with Gasteiger partial charge in [0.05, 0.1) is 24.6 Å². The first-order valence-corrected chi connectivity index (χ1v) is 7.97. The third kappa shape index (κ3) is 5.28. The Labute approximate surface area is 129 Å². The van der Waals surface area contributed by atoms with Crippen molar-refractivity contribution in [2.24, 2.45) is 5.10 Å². The monoisotopic (exact) mass is 303 g/mol. The van der Waals surface area contributed by atoms with Gasteiger partial charge in [-0.3, -0.25) is 5.43 Å². The standard InChI is InChI=1S/C16H21N3OS/c1-4-13(3)20-10-15-7-5-6-14(8-15)9-17-19-16-18-12(2)11-21-16/h5-9,11,13H,4,10H2,1-3H3,(H,18,19). The third-order valence-corrected chi connectivity index (χ3v) is 3.92. The third-order valence-electron chi connectivity index (χ3n) is 3.05. The van der Waals surface area contributed by atoms with E-state index in [-0.39, 0.29) is 6.10 Å². The average Bonchev–Trinajstić information content (AvgIpc) is 2.91. The summed E-state index contributed by atoms with van der Waals surface area (Å²) in [6.45, 7) is 6.81. The quantitative estimate of drug-likeness (QED) is 0.615. The second-order valence-corrected chi connectivity index (χ2v) is 5.80. The van der Waals surface area contributed by atoms with E-state index in [1.807, 2.05) is 24.4 Å². The molecular formula is C16H21N3OS. The van der Waals surface area contributed by atoms with E-state index >= 15 is 0 Å². The van der Waals surface area contributed by atoms with E-state index in [2.05, 4.69) is 41.5 Å². The van der Waals surface area contributed by atoms with Crippen LogP contribution in [-0.2, 0) is 11.3 Å². The lowest BCUT2D eigenvalue weighted by Gasteiger charge is -2.10. The lowest BCUT2D eigenvalue weighted by molar-refractivity contribution is 0.0508. The highest BCUT2D eigenvalue weighted by Gasteiger charge is 2.00. The SMILES string of the molecule is CCC(C)OCc1cccc(C=NNc2nc(C)cs2)c1. The number of aryl methyl sites for hydroxylation is 1. The Morgan fingerprint density at radius 1 is 1.48 bits per heavy atom. The van der Waals surface area contributed by atoms with E-state index in [1.165, 1.54) is 0 Å². The zero-order valence-electron chi connectivity index (χ0n) is 12.7. The number of hydrogen-bond acceptors (Lipinski definition) is 5. The lowest BCUT2D eigenvalue weighted by atomic mass is 10.1. The predicted molar refractivity (Wildman–Crippen MR) is 89.1 cm³/mol. The van der Waals surface area contributed by atoms with Crippen molar-refractivity contribution >= 4 is 22.7 Å². The topological polar surface area (TPSA) is 46.5 Å². The highest BCUT2D eigenvalue weighted by Crippen LogP contribution is 2.14. The molecule has 0 saturated heterocycles. The minimum Gasteiger partial charge on any atom is -0.374 e. The zero-order valence-corrected chi connectivity index (χ0v) is 13.5. The Morgan fingerprint density at radius 2 is 2.33 bits per heavy atom. The van der Waals surface area contributed by atoms with Crippen LogP contribution >= 0.6 is 11.3 Å². The summed E-state index contributed by atoms with van der Waals surface area (Å²) in [7, 11) is 0. The Kier molecular flexibility index (Phi) is 5.90. The summed E-state index contributed by atoms with van der Waals surface area (Å²) >= 11 is 1.55. The average molecular weight is 303 g/mol. The van der Waals surface area contributed by atoms with E-state index in [9.17, 15) is 0 Å². The maximum atomic E-state index is 5.74. The Bertz CT molecular complexity index is 595. The Hall–Kier alpha value is -1.72. The molecule has 0 saturated carbocycles. The van der Waals surface area contributed by atoms with Crippen LogP contribution in [0.3, 0.4) is 0 Å². The normalized spacial score (nSPS) is 12.7. The first-order valence-electron chi connectivity index (χ1n) is 7.09. The fraction of sp³-hybridized carbons (Fsp3) is 0.375. The van der Waals surface area contributed by atoms with E-state index in [0.717, 1.165) is 28.4 Å². The van der Waals surface area contributed by atoms with Gasteiger partial charge in [-0.15, -0.1) is 11.3 Å². The van der Waals surface area contributed by atoms with Gasteiger partial charge in [-0.25, -0.2) is 4.98 Å². The molecule has 1 unspecified atom stereocenters. The maximum absolute atomic E-state index is 5.74. The van der Waals surface area contributed by atoms with Crippen molar-refractivity contribution in [3.8, 4) is 0 Å². The fourth-order valence-corrected chi connectivity index (χ4v) is 2.32. The van der Waals surface area contributed by atoms with Crippen LogP contribution in [0.2, 0.25) is 0 Å². The van der Waals surface area contributed by atoms with Crippen molar-refractivity contribution in [3.63, 3.8) is 0 Å². The van der Waals surface area contributed by atoms with Crippen LogP contribution in [0.15, 0.2) is 34.7 Å². The number of nitrogens with zero attached hydrogens (tertiary/aromatic N) is 2. The molecule has 0 spiro atoms. The number of ether oxygens (including phenoxy) is 1. The predicted octanol–water partition coefficient (Wildman–Crippen LogP) is 4.21. The van der Waals surface area contributed by atoms with E-state index < -0.39 is 0 Å². The molecule has 0 bridgehead atoms. The van der Waals surface area contributed by atoms with Crippen molar-refractivity contribution < 1.29 is 4.74 Å². The number of benzene rings is 1. The lowest BCUT2D eigenvalue weighted by Crippen LogP contribution is -2.06. The van der Waals surface area contributed by atoms with Crippen molar-refractivity contribution in [1.29, 1.82) is 0 Å². The summed E-state index contributed by atoms with van der Waals surface area (Å²) in [5.41, 5.74) is 6.14. The van der Waals surface area contributed by atoms with E-state index in [1.54, 1.807) is 17.6 Å².